The minimum atomic E-state index is -0.0827. The van der Waals surface area contributed by atoms with Gasteiger partial charge >= 0.3 is 0 Å². The van der Waals surface area contributed by atoms with Gasteiger partial charge in [0.05, 0.1) is 12.1 Å². The van der Waals surface area contributed by atoms with Gasteiger partial charge in [-0.2, -0.15) is 0 Å². The molecule has 1 aliphatic rings. The molecule has 0 aliphatic carbocycles. The lowest BCUT2D eigenvalue weighted by Crippen LogP contribution is -2.47. The number of nitrogens with two attached hydrogens (primary N) is 1. The highest BCUT2D eigenvalue weighted by atomic mass is 16.1. The maximum Gasteiger partial charge on any atom is 0.253 e. The minimum absolute atomic E-state index is 0.0827. The molecule has 0 radical (unpaired) electrons. The number of nitrogens with zero attached hydrogens (tertiary/aromatic N) is 2. The number of piperidine rings is 1. The van der Waals surface area contributed by atoms with E-state index in [4.69, 9.17) is 5.73 Å². The molecule has 1 amide bonds. The normalized spacial score (nSPS) is 22.2. The lowest BCUT2D eigenvalue weighted by Gasteiger charge is -2.35. The van der Waals surface area contributed by atoms with Crippen molar-refractivity contribution in [2.24, 2.45) is 5.73 Å². The first kappa shape index (κ1) is 15.5. The third-order valence-corrected chi connectivity index (χ3v) is 3.88. The van der Waals surface area contributed by atoms with Gasteiger partial charge in [-0.3, -0.25) is 9.78 Å². The van der Waals surface area contributed by atoms with Gasteiger partial charge in [-0.1, -0.05) is 11.8 Å². The van der Waals surface area contributed by atoms with Crippen molar-refractivity contribution < 1.29 is 4.79 Å². The van der Waals surface area contributed by atoms with E-state index in [9.17, 15) is 4.79 Å². The van der Waals surface area contributed by atoms with Crippen LogP contribution in [0, 0.1) is 11.8 Å². The summed E-state index contributed by atoms with van der Waals surface area (Å²) in [6, 6.07) is 2.47. The van der Waals surface area contributed by atoms with Gasteiger partial charge in [0.25, 0.3) is 5.91 Å². The second-order valence-corrected chi connectivity index (χ2v) is 5.49. The first-order valence-electron chi connectivity index (χ1n) is 7.25. The third kappa shape index (κ3) is 4.28. The van der Waals surface area contributed by atoms with Crippen LogP contribution in [0.1, 0.15) is 35.7 Å². The highest BCUT2D eigenvalue weighted by molar-refractivity contribution is 5.94. The van der Waals surface area contributed by atoms with Crippen LogP contribution in [0.15, 0.2) is 18.5 Å². The van der Waals surface area contributed by atoms with E-state index < -0.39 is 0 Å². The second kappa shape index (κ2) is 7.21. The first-order chi connectivity index (χ1) is 10.1. The molecule has 2 heterocycles. The fraction of sp³-hybridized carbons (Fsp3) is 0.500. The average molecular weight is 286 g/mol. The van der Waals surface area contributed by atoms with E-state index in [2.05, 4.69) is 41.0 Å². The van der Waals surface area contributed by atoms with Gasteiger partial charge in [0, 0.05) is 36.6 Å². The fourth-order valence-electron chi connectivity index (χ4n) is 2.47. The molecule has 0 spiro atoms. The molecule has 1 aromatic rings. The Morgan fingerprint density at radius 3 is 3.10 bits per heavy atom. The Hall–Kier alpha value is -1.90. The maximum absolute atomic E-state index is 12.3. The SMILES string of the molecule is CC1CC(NC(=O)c2cncc(C#CCN)c2)CCN1C. The average Bonchev–Trinajstić information content (AvgIpc) is 2.49. The van der Waals surface area contributed by atoms with Crippen molar-refractivity contribution >= 4 is 5.91 Å². The molecule has 5 heteroatoms. The molecule has 3 N–H and O–H groups in total. The molecule has 21 heavy (non-hydrogen) atoms. The molecule has 2 atom stereocenters. The van der Waals surface area contributed by atoms with Crippen LogP contribution >= 0.6 is 0 Å². The van der Waals surface area contributed by atoms with Gasteiger partial charge in [-0.15, -0.1) is 0 Å². The van der Waals surface area contributed by atoms with E-state index >= 15 is 0 Å². The quantitative estimate of drug-likeness (QED) is 0.781. The van der Waals surface area contributed by atoms with E-state index in [1.807, 2.05) is 0 Å². The van der Waals surface area contributed by atoms with E-state index in [1.165, 1.54) is 0 Å². The number of nitrogens with one attached hydrogen (secondary N) is 1. The van der Waals surface area contributed by atoms with Crippen LogP contribution in [-0.4, -0.2) is 48.0 Å². The van der Waals surface area contributed by atoms with Crippen molar-refractivity contribution in [2.75, 3.05) is 20.1 Å². The van der Waals surface area contributed by atoms with Crippen LogP contribution < -0.4 is 11.1 Å². The number of amides is 1. The summed E-state index contributed by atoms with van der Waals surface area (Å²) in [4.78, 5) is 18.7. The molecule has 1 saturated heterocycles. The van der Waals surface area contributed by atoms with Crippen molar-refractivity contribution in [2.45, 2.75) is 31.8 Å². The number of hydrogen-bond donors (Lipinski definition) is 2. The molecule has 2 rings (SSSR count). The predicted molar refractivity (Wildman–Crippen MR) is 82.7 cm³/mol. The Kier molecular flexibility index (Phi) is 5.32. The molecule has 0 bridgehead atoms. The van der Waals surface area contributed by atoms with Gasteiger partial charge < -0.3 is 16.0 Å². The summed E-state index contributed by atoms with van der Waals surface area (Å²) in [5.41, 5.74) is 6.60. The Morgan fingerprint density at radius 2 is 2.38 bits per heavy atom. The van der Waals surface area contributed by atoms with Crippen LogP contribution in [0.3, 0.4) is 0 Å². The third-order valence-electron chi connectivity index (χ3n) is 3.88. The highest BCUT2D eigenvalue weighted by Gasteiger charge is 2.24. The topological polar surface area (TPSA) is 71.2 Å². The van der Waals surface area contributed by atoms with Gasteiger partial charge in [0.1, 0.15) is 0 Å². The zero-order valence-electron chi connectivity index (χ0n) is 12.6. The first-order valence-corrected chi connectivity index (χ1v) is 7.25. The number of likely N-dealkylation sites (tertiary alicyclic amines) is 1. The van der Waals surface area contributed by atoms with Crippen LogP contribution in [-0.2, 0) is 0 Å². The van der Waals surface area contributed by atoms with E-state index in [1.54, 1.807) is 18.5 Å². The zero-order chi connectivity index (χ0) is 15.2. The number of aromatic nitrogens is 1. The van der Waals surface area contributed by atoms with Gasteiger partial charge in [0.2, 0.25) is 0 Å². The van der Waals surface area contributed by atoms with Crippen molar-refractivity contribution in [3.63, 3.8) is 0 Å². The summed E-state index contributed by atoms with van der Waals surface area (Å²) < 4.78 is 0. The van der Waals surface area contributed by atoms with E-state index in [0.717, 1.165) is 19.4 Å². The van der Waals surface area contributed by atoms with Crippen LogP contribution in [0.5, 0.6) is 0 Å². The highest BCUT2D eigenvalue weighted by Crippen LogP contribution is 2.15. The Morgan fingerprint density at radius 1 is 1.57 bits per heavy atom. The minimum Gasteiger partial charge on any atom is -0.349 e. The summed E-state index contributed by atoms with van der Waals surface area (Å²) in [6.45, 7) is 3.49. The van der Waals surface area contributed by atoms with Crippen LogP contribution in [0.25, 0.3) is 0 Å². The zero-order valence-corrected chi connectivity index (χ0v) is 12.6. The summed E-state index contributed by atoms with van der Waals surface area (Å²) >= 11 is 0. The Bertz CT molecular complexity index is 561. The molecule has 0 saturated carbocycles. The van der Waals surface area contributed by atoms with Gasteiger partial charge in [-0.25, -0.2) is 0 Å². The van der Waals surface area contributed by atoms with E-state index in [0.29, 0.717) is 23.7 Å². The second-order valence-electron chi connectivity index (χ2n) is 5.49. The Labute approximate surface area is 125 Å². The number of carbonyl (C=O) groups is 1. The van der Waals surface area contributed by atoms with Gasteiger partial charge in [0.15, 0.2) is 0 Å². The largest absolute Gasteiger partial charge is 0.349 e. The van der Waals surface area contributed by atoms with Gasteiger partial charge in [-0.05, 0) is 32.9 Å². The summed E-state index contributed by atoms with van der Waals surface area (Å²) in [6.07, 6.45) is 5.16. The fourth-order valence-corrected chi connectivity index (χ4v) is 2.47. The summed E-state index contributed by atoms with van der Waals surface area (Å²) in [7, 11) is 2.12. The Balaban J connectivity index is 2.00. The lowest BCUT2D eigenvalue weighted by molar-refractivity contribution is 0.0896. The van der Waals surface area contributed by atoms with Crippen molar-refractivity contribution in [3.05, 3.63) is 29.6 Å². The van der Waals surface area contributed by atoms with Crippen LogP contribution in [0.2, 0.25) is 0 Å². The van der Waals surface area contributed by atoms with Crippen LogP contribution in [0.4, 0.5) is 0 Å². The molecule has 1 aliphatic heterocycles. The molecule has 112 valence electrons. The summed E-state index contributed by atoms with van der Waals surface area (Å²) in [5.74, 6) is 5.57. The maximum atomic E-state index is 12.3. The lowest BCUT2D eigenvalue weighted by atomic mass is 9.98. The monoisotopic (exact) mass is 286 g/mol. The number of hydrogen-bond acceptors (Lipinski definition) is 4. The smallest absolute Gasteiger partial charge is 0.253 e. The van der Waals surface area contributed by atoms with Crippen molar-refractivity contribution in [1.82, 2.24) is 15.2 Å². The molecular weight excluding hydrogens is 264 g/mol. The molecule has 5 nitrogen and oxygen atoms in total. The van der Waals surface area contributed by atoms with E-state index in [-0.39, 0.29) is 11.9 Å². The van der Waals surface area contributed by atoms with Crippen molar-refractivity contribution in [1.29, 1.82) is 0 Å². The van der Waals surface area contributed by atoms with Crippen molar-refractivity contribution in [3.8, 4) is 11.8 Å². The number of carbonyl (C=O) groups excluding carboxylic acids is 1. The number of rotatable bonds is 2. The molecule has 1 fully saturated rings. The summed E-state index contributed by atoms with van der Waals surface area (Å²) in [5, 5.41) is 3.09. The standard InChI is InChI=1S/C16H22N4O/c1-12-8-15(5-7-20(12)2)19-16(21)14-9-13(4-3-6-17)10-18-11-14/h9-12,15H,5-8,17H2,1-2H3,(H,19,21). The predicted octanol–water partition coefficient (Wildman–Crippen LogP) is 0.604. The molecule has 2 unspecified atom stereocenters. The molecule has 0 aromatic carbocycles. The molecular formula is C16H22N4O. The molecule has 1 aromatic heterocycles. The number of pyridine rings is 1.